The van der Waals surface area contributed by atoms with Gasteiger partial charge in [-0.15, -0.1) is 0 Å². The minimum atomic E-state index is -0.390. The summed E-state index contributed by atoms with van der Waals surface area (Å²) in [6.45, 7) is 2.79. The number of carbonyl (C=O) groups excluding carboxylic acids is 2. The monoisotopic (exact) mass is 340 g/mol. The highest BCUT2D eigenvalue weighted by Gasteiger charge is 2.24. The second-order valence-electron chi connectivity index (χ2n) is 5.77. The van der Waals surface area contributed by atoms with Crippen LogP contribution in [0.2, 0.25) is 0 Å². The maximum Gasteiger partial charge on any atom is 0.414 e. The van der Waals surface area contributed by atoms with Gasteiger partial charge in [0.05, 0.1) is 12.6 Å². The number of nitrogens with one attached hydrogen (secondary N) is 1. The Hall–Kier alpha value is -2.86. The molecule has 1 aliphatic rings. The zero-order chi connectivity index (χ0) is 17.8. The summed E-state index contributed by atoms with van der Waals surface area (Å²) in [5, 5.41) is 2.88. The summed E-state index contributed by atoms with van der Waals surface area (Å²) in [6.07, 6.45) is -0.444. The molecule has 25 heavy (non-hydrogen) atoms. The molecule has 1 saturated heterocycles. The van der Waals surface area contributed by atoms with Crippen molar-refractivity contribution in [2.75, 3.05) is 30.5 Å². The molecular formula is C19H20N2O4. The van der Waals surface area contributed by atoms with E-state index in [-0.39, 0.29) is 18.1 Å². The zero-order valence-corrected chi connectivity index (χ0v) is 14.2. The molecule has 0 aromatic heterocycles. The van der Waals surface area contributed by atoms with Gasteiger partial charge in [-0.05, 0) is 42.8 Å². The SMILES string of the molecule is COC(C)c1cccc(NC(=O)c2cccc(N3CCOC3=O)c2)c1. The minimum Gasteiger partial charge on any atom is -0.447 e. The number of anilines is 2. The summed E-state index contributed by atoms with van der Waals surface area (Å²) in [6, 6.07) is 14.5. The number of cyclic esters (lactones) is 1. The second-order valence-corrected chi connectivity index (χ2v) is 5.77. The molecule has 1 heterocycles. The van der Waals surface area contributed by atoms with Crippen LogP contribution >= 0.6 is 0 Å². The van der Waals surface area contributed by atoms with Crippen LogP contribution in [0.1, 0.15) is 28.9 Å². The Morgan fingerprint density at radius 3 is 2.76 bits per heavy atom. The summed E-state index contributed by atoms with van der Waals surface area (Å²) in [7, 11) is 1.64. The summed E-state index contributed by atoms with van der Waals surface area (Å²) in [5.74, 6) is -0.239. The lowest BCUT2D eigenvalue weighted by molar-refractivity contribution is 0.102. The van der Waals surface area contributed by atoms with E-state index >= 15 is 0 Å². The number of benzene rings is 2. The Labute approximate surface area is 146 Å². The molecule has 0 spiro atoms. The number of methoxy groups -OCH3 is 1. The van der Waals surface area contributed by atoms with E-state index < -0.39 is 0 Å². The number of ether oxygens (including phenoxy) is 2. The first-order valence-corrected chi connectivity index (χ1v) is 8.07. The van der Waals surface area contributed by atoms with E-state index in [1.165, 1.54) is 4.90 Å². The number of rotatable bonds is 5. The van der Waals surface area contributed by atoms with Crippen molar-refractivity contribution in [2.24, 2.45) is 0 Å². The summed E-state index contributed by atoms with van der Waals surface area (Å²) >= 11 is 0. The number of nitrogens with zero attached hydrogens (tertiary/aromatic N) is 1. The van der Waals surface area contributed by atoms with Gasteiger partial charge in [-0.1, -0.05) is 18.2 Å². The molecule has 6 heteroatoms. The Bertz CT molecular complexity index is 790. The highest BCUT2D eigenvalue weighted by Crippen LogP contribution is 2.22. The smallest absolute Gasteiger partial charge is 0.414 e. The highest BCUT2D eigenvalue weighted by atomic mass is 16.6. The van der Waals surface area contributed by atoms with E-state index in [0.29, 0.717) is 30.1 Å². The summed E-state index contributed by atoms with van der Waals surface area (Å²) in [5.41, 5.74) is 2.80. The third-order valence-electron chi connectivity index (χ3n) is 4.15. The fraction of sp³-hybridized carbons (Fsp3) is 0.263. The lowest BCUT2D eigenvalue weighted by Crippen LogP contribution is -2.23. The van der Waals surface area contributed by atoms with Crippen LogP contribution in [0.15, 0.2) is 48.5 Å². The van der Waals surface area contributed by atoms with Gasteiger partial charge < -0.3 is 14.8 Å². The van der Waals surface area contributed by atoms with Crippen LogP contribution in [-0.4, -0.2) is 32.3 Å². The van der Waals surface area contributed by atoms with Crippen molar-refractivity contribution in [2.45, 2.75) is 13.0 Å². The van der Waals surface area contributed by atoms with Crippen LogP contribution in [0.3, 0.4) is 0 Å². The van der Waals surface area contributed by atoms with Crippen molar-refractivity contribution < 1.29 is 19.1 Å². The van der Waals surface area contributed by atoms with Gasteiger partial charge in [0.1, 0.15) is 6.61 Å². The number of amides is 2. The van der Waals surface area contributed by atoms with Crippen molar-refractivity contribution >= 4 is 23.4 Å². The predicted molar refractivity (Wildman–Crippen MR) is 95.0 cm³/mol. The second kappa shape index (κ2) is 7.36. The van der Waals surface area contributed by atoms with Crippen LogP contribution in [-0.2, 0) is 9.47 Å². The maximum absolute atomic E-state index is 12.5. The largest absolute Gasteiger partial charge is 0.447 e. The summed E-state index contributed by atoms with van der Waals surface area (Å²) < 4.78 is 10.2. The molecule has 3 rings (SSSR count). The molecule has 0 bridgehead atoms. The van der Waals surface area contributed by atoms with Crippen LogP contribution in [0.25, 0.3) is 0 Å². The van der Waals surface area contributed by atoms with Crippen molar-refractivity contribution in [1.82, 2.24) is 0 Å². The predicted octanol–water partition coefficient (Wildman–Crippen LogP) is 3.60. The molecule has 1 unspecified atom stereocenters. The molecule has 1 atom stereocenters. The van der Waals surface area contributed by atoms with E-state index in [4.69, 9.17) is 9.47 Å². The molecule has 6 nitrogen and oxygen atoms in total. The molecule has 1 N–H and O–H groups in total. The fourth-order valence-corrected chi connectivity index (χ4v) is 2.65. The fourth-order valence-electron chi connectivity index (χ4n) is 2.65. The van der Waals surface area contributed by atoms with Crippen LogP contribution in [0, 0.1) is 0 Å². The molecule has 2 amide bonds. The first kappa shape index (κ1) is 17.0. The van der Waals surface area contributed by atoms with Gasteiger partial charge in [0, 0.05) is 24.0 Å². The van der Waals surface area contributed by atoms with Gasteiger partial charge in [0.2, 0.25) is 0 Å². The third kappa shape index (κ3) is 3.80. The van der Waals surface area contributed by atoms with Gasteiger partial charge in [0.15, 0.2) is 0 Å². The van der Waals surface area contributed by atoms with E-state index in [2.05, 4.69) is 5.32 Å². The van der Waals surface area contributed by atoms with Gasteiger partial charge in [0.25, 0.3) is 5.91 Å². The molecule has 0 radical (unpaired) electrons. The number of carbonyl (C=O) groups is 2. The van der Waals surface area contributed by atoms with Crippen molar-refractivity contribution in [3.05, 3.63) is 59.7 Å². The number of hydrogen-bond acceptors (Lipinski definition) is 4. The third-order valence-corrected chi connectivity index (χ3v) is 4.15. The zero-order valence-electron chi connectivity index (χ0n) is 14.2. The van der Waals surface area contributed by atoms with Crippen molar-refractivity contribution in [1.29, 1.82) is 0 Å². The first-order valence-electron chi connectivity index (χ1n) is 8.07. The van der Waals surface area contributed by atoms with Crippen molar-refractivity contribution in [3.63, 3.8) is 0 Å². The van der Waals surface area contributed by atoms with Gasteiger partial charge >= 0.3 is 6.09 Å². The average molecular weight is 340 g/mol. The van der Waals surface area contributed by atoms with Gasteiger partial charge in [-0.2, -0.15) is 0 Å². The average Bonchev–Trinajstić information content (AvgIpc) is 3.07. The van der Waals surface area contributed by atoms with Gasteiger partial charge in [-0.25, -0.2) is 4.79 Å². The Balaban J connectivity index is 1.76. The highest BCUT2D eigenvalue weighted by molar-refractivity contribution is 6.05. The van der Waals surface area contributed by atoms with E-state index in [9.17, 15) is 9.59 Å². The quantitative estimate of drug-likeness (QED) is 0.903. The van der Waals surface area contributed by atoms with Crippen LogP contribution in [0.5, 0.6) is 0 Å². The molecule has 0 aliphatic carbocycles. The Morgan fingerprint density at radius 1 is 1.24 bits per heavy atom. The lowest BCUT2D eigenvalue weighted by atomic mass is 10.1. The number of hydrogen-bond donors (Lipinski definition) is 1. The molecular weight excluding hydrogens is 320 g/mol. The molecule has 1 aliphatic heterocycles. The standard InChI is InChI=1S/C19H20N2O4/c1-13(24-2)14-5-3-7-16(11-14)20-18(22)15-6-4-8-17(12-15)21-9-10-25-19(21)23/h3-8,11-13H,9-10H2,1-2H3,(H,20,22). The maximum atomic E-state index is 12.5. The minimum absolute atomic E-state index is 0.0543. The molecule has 2 aromatic rings. The molecule has 1 fully saturated rings. The Kier molecular flexibility index (Phi) is 5.00. The molecule has 2 aromatic carbocycles. The van der Waals surface area contributed by atoms with E-state index in [1.54, 1.807) is 31.4 Å². The molecule has 0 saturated carbocycles. The topological polar surface area (TPSA) is 67.9 Å². The van der Waals surface area contributed by atoms with Crippen LogP contribution in [0.4, 0.5) is 16.2 Å². The normalized spacial score (nSPS) is 15.0. The van der Waals surface area contributed by atoms with E-state index in [1.807, 2.05) is 31.2 Å². The van der Waals surface area contributed by atoms with E-state index in [0.717, 1.165) is 5.56 Å². The molecule has 130 valence electrons. The van der Waals surface area contributed by atoms with Gasteiger partial charge in [-0.3, -0.25) is 9.69 Å². The first-order chi connectivity index (χ1) is 12.1. The van der Waals surface area contributed by atoms with Crippen LogP contribution < -0.4 is 10.2 Å². The Morgan fingerprint density at radius 2 is 2.04 bits per heavy atom. The summed E-state index contributed by atoms with van der Waals surface area (Å²) in [4.78, 5) is 25.7. The van der Waals surface area contributed by atoms with Crippen molar-refractivity contribution in [3.8, 4) is 0 Å². The lowest BCUT2D eigenvalue weighted by Gasteiger charge is -2.14.